The van der Waals surface area contributed by atoms with Crippen LogP contribution in [0.5, 0.6) is 0 Å². The molecule has 0 fully saturated rings. The Bertz CT molecular complexity index is 878. The zero-order valence-corrected chi connectivity index (χ0v) is 15.4. The number of rotatable bonds is 5. The van der Waals surface area contributed by atoms with E-state index in [1.54, 1.807) is 23.4 Å². The summed E-state index contributed by atoms with van der Waals surface area (Å²) in [6.45, 7) is 8.96. The topological polar surface area (TPSA) is 64.2 Å². The molecule has 132 valence electrons. The molecule has 0 aliphatic rings. The first-order valence-corrected chi connectivity index (χ1v) is 8.56. The van der Waals surface area contributed by atoms with Crippen LogP contribution in [-0.4, -0.2) is 39.2 Å². The molecule has 0 atom stereocenters. The molecule has 0 spiro atoms. The van der Waals surface area contributed by atoms with E-state index in [9.17, 15) is 4.79 Å². The van der Waals surface area contributed by atoms with Gasteiger partial charge >= 0.3 is 0 Å². The van der Waals surface area contributed by atoms with Crippen molar-refractivity contribution in [1.82, 2.24) is 19.7 Å². The number of carbonyl (C=O) groups is 1. The molecule has 3 heterocycles. The van der Waals surface area contributed by atoms with Crippen LogP contribution in [0.2, 0.25) is 0 Å². The Labute approximate surface area is 147 Å². The lowest BCUT2D eigenvalue weighted by atomic mass is 10.1. The molecule has 3 aromatic rings. The van der Waals surface area contributed by atoms with E-state index < -0.39 is 0 Å². The van der Waals surface area contributed by atoms with Crippen molar-refractivity contribution in [3.63, 3.8) is 0 Å². The molecule has 0 unspecified atom stereocenters. The normalized spacial score (nSPS) is 11.6. The van der Waals surface area contributed by atoms with Crippen LogP contribution in [0, 0.1) is 5.92 Å². The van der Waals surface area contributed by atoms with Crippen LogP contribution in [0.15, 0.2) is 35.1 Å². The van der Waals surface area contributed by atoms with Crippen molar-refractivity contribution >= 4 is 16.9 Å². The monoisotopic (exact) mass is 340 g/mol. The van der Waals surface area contributed by atoms with Gasteiger partial charge in [-0.15, -0.1) is 0 Å². The van der Waals surface area contributed by atoms with E-state index in [4.69, 9.17) is 9.40 Å². The maximum Gasteiger partial charge on any atom is 0.254 e. The average Bonchev–Trinajstić information content (AvgIpc) is 3.21. The first kappa shape index (κ1) is 17.2. The van der Waals surface area contributed by atoms with E-state index in [1.807, 2.05) is 37.7 Å². The van der Waals surface area contributed by atoms with Crippen molar-refractivity contribution in [1.29, 1.82) is 0 Å². The molecular weight excluding hydrogens is 316 g/mol. The second kappa shape index (κ2) is 6.70. The van der Waals surface area contributed by atoms with E-state index in [0.717, 1.165) is 5.39 Å². The number of pyridine rings is 1. The Balaban J connectivity index is 2.17. The lowest BCUT2D eigenvalue weighted by Crippen LogP contribution is -2.30. The molecule has 6 heteroatoms. The van der Waals surface area contributed by atoms with Crippen LogP contribution < -0.4 is 0 Å². The smallest absolute Gasteiger partial charge is 0.254 e. The summed E-state index contributed by atoms with van der Waals surface area (Å²) in [5.41, 5.74) is 1.94. The molecule has 0 aromatic carbocycles. The Morgan fingerprint density at radius 1 is 1.32 bits per heavy atom. The Hall–Kier alpha value is -2.63. The minimum atomic E-state index is -0.0304. The summed E-state index contributed by atoms with van der Waals surface area (Å²) in [6.07, 6.45) is 3.33. The fraction of sp³-hybridized carbons (Fsp3) is 0.421. The Kier molecular flexibility index (Phi) is 4.61. The minimum Gasteiger partial charge on any atom is -0.463 e. The number of furan rings is 1. The van der Waals surface area contributed by atoms with Gasteiger partial charge in [0.05, 0.1) is 23.4 Å². The van der Waals surface area contributed by atoms with Crippen LogP contribution in [0.3, 0.4) is 0 Å². The van der Waals surface area contributed by atoms with Crippen molar-refractivity contribution in [2.45, 2.75) is 33.7 Å². The summed E-state index contributed by atoms with van der Waals surface area (Å²) in [7, 11) is 1.83. The summed E-state index contributed by atoms with van der Waals surface area (Å²) < 4.78 is 7.32. The molecule has 6 nitrogen and oxygen atoms in total. The summed E-state index contributed by atoms with van der Waals surface area (Å²) in [5, 5.41) is 5.20. The molecule has 0 aliphatic carbocycles. The second-order valence-electron chi connectivity index (χ2n) is 7.03. The average molecular weight is 340 g/mol. The maximum absolute atomic E-state index is 13.0. The summed E-state index contributed by atoms with van der Waals surface area (Å²) >= 11 is 0. The molecule has 1 amide bonds. The Morgan fingerprint density at radius 3 is 2.68 bits per heavy atom. The lowest BCUT2D eigenvalue weighted by Gasteiger charge is -2.20. The van der Waals surface area contributed by atoms with Gasteiger partial charge < -0.3 is 9.32 Å². The molecule has 3 aromatic heterocycles. The quantitative estimate of drug-likeness (QED) is 0.704. The van der Waals surface area contributed by atoms with Gasteiger partial charge in [0.1, 0.15) is 5.69 Å². The van der Waals surface area contributed by atoms with Gasteiger partial charge in [0, 0.05) is 19.6 Å². The third-order valence-electron chi connectivity index (χ3n) is 4.05. The van der Waals surface area contributed by atoms with Crippen molar-refractivity contribution in [3.8, 4) is 11.5 Å². The van der Waals surface area contributed by atoms with E-state index in [2.05, 4.69) is 18.9 Å². The Morgan fingerprint density at radius 2 is 2.08 bits per heavy atom. The highest BCUT2D eigenvalue weighted by Crippen LogP contribution is 2.27. The highest BCUT2D eigenvalue weighted by atomic mass is 16.3. The molecule has 25 heavy (non-hydrogen) atoms. The van der Waals surface area contributed by atoms with Crippen molar-refractivity contribution in [3.05, 3.63) is 36.2 Å². The fourth-order valence-electron chi connectivity index (χ4n) is 2.96. The van der Waals surface area contributed by atoms with Crippen LogP contribution >= 0.6 is 0 Å². The van der Waals surface area contributed by atoms with Gasteiger partial charge in [-0.1, -0.05) is 13.8 Å². The van der Waals surface area contributed by atoms with Gasteiger partial charge in [-0.3, -0.25) is 4.79 Å². The number of carbonyl (C=O) groups excluding carboxylic acids is 1. The predicted molar refractivity (Wildman–Crippen MR) is 97.4 cm³/mol. The highest BCUT2D eigenvalue weighted by Gasteiger charge is 2.21. The second-order valence-corrected chi connectivity index (χ2v) is 7.03. The molecule has 3 rings (SSSR count). The summed E-state index contributed by atoms with van der Waals surface area (Å²) in [6, 6.07) is 5.60. The molecule has 0 aliphatic heterocycles. The van der Waals surface area contributed by atoms with Crippen LogP contribution in [0.1, 0.15) is 44.1 Å². The molecular formula is C19H24N4O2. The SMILES string of the molecule is CC(C)CN(C)C(=O)c1cc(-c2ccco2)nc2c1cnn2C(C)C. The largest absolute Gasteiger partial charge is 0.463 e. The standard InChI is InChI=1S/C19H24N4O2/c1-12(2)11-22(5)19(24)14-9-16(17-7-6-8-25-17)21-18-15(14)10-20-23(18)13(3)4/h6-10,12-13H,11H2,1-5H3. The van der Waals surface area contributed by atoms with Gasteiger partial charge in [-0.05, 0) is 38.0 Å². The molecule has 0 saturated heterocycles. The zero-order chi connectivity index (χ0) is 18.1. The number of hydrogen-bond acceptors (Lipinski definition) is 4. The van der Waals surface area contributed by atoms with E-state index in [-0.39, 0.29) is 11.9 Å². The van der Waals surface area contributed by atoms with E-state index >= 15 is 0 Å². The highest BCUT2D eigenvalue weighted by molar-refractivity contribution is 6.06. The van der Waals surface area contributed by atoms with Crippen LogP contribution in [0.4, 0.5) is 0 Å². The van der Waals surface area contributed by atoms with E-state index in [0.29, 0.717) is 35.1 Å². The van der Waals surface area contributed by atoms with Crippen LogP contribution in [-0.2, 0) is 0 Å². The van der Waals surface area contributed by atoms with Crippen molar-refractivity contribution in [2.24, 2.45) is 5.92 Å². The number of hydrogen-bond donors (Lipinski definition) is 0. The summed E-state index contributed by atoms with van der Waals surface area (Å²) in [5.74, 6) is 1.00. The third kappa shape index (κ3) is 3.29. The molecule has 0 radical (unpaired) electrons. The van der Waals surface area contributed by atoms with Gasteiger partial charge in [0.2, 0.25) is 0 Å². The number of nitrogens with zero attached hydrogens (tertiary/aromatic N) is 4. The van der Waals surface area contributed by atoms with Crippen LogP contribution in [0.25, 0.3) is 22.5 Å². The van der Waals surface area contributed by atoms with E-state index in [1.165, 1.54) is 0 Å². The number of aromatic nitrogens is 3. The van der Waals surface area contributed by atoms with Gasteiger partial charge in [0.25, 0.3) is 5.91 Å². The summed E-state index contributed by atoms with van der Waals surface area (Å²) in [4.78, 5) is 19.5. The lowest BCUT2D eigenvalue weighted by molar-refractivity contribution is 0.0781. The maximum atomic E-state index is 13.0. The molecule has 0 saturated carbocycles. The molecule has 0 N–H and O–H groups in total. The zero-order valence-electron chi connectivity index (χ0n) is 15.4. The predicted octanol–water partition coefficient (Wildman–Crippen LogP) is 4.00. The minimum absolute atomic E-state index is 0.0304. The molecule has 0 bridgehead atoms. The van der Waals surface area contributed by atoms with Gasteiger partial charge in [-0.25, -0.2) is 9.67 Å². The fourth-order valence-corrected chi connectivity index (χ4v) is 2.96. The van der Waals surface area contributed by atoms with Crippen molar-refractivity contribution < 1.29 is 9.21 Å². The number of fused-ring (bicyclic) bond motifs is 1. The first-order valence-electron chi connectivity index (χ1n) is 8.56. The third-order valence-corrected chi connectivity index (χ3v) is 4.05. The van der Waals surface area contributed by atoms with Gasteiger partial charge in [0.15, 0.2) is 11.4 Å². The first-order chi connectivity index (χ1) is 11.9. The van der Waals surface area contributed by atoms with Gasteiger partial charge in [-0.2, -0.15) is 5.10 Å². The van der Waals surface area contributed by atoms with Crippen molar-refractivity contribution in [2.75, 3.05) is 13.6 Å². The number of amides is 1.